The predicted molar refractivity (Wildman–Crippen MR) is 93.9 cm³/mol. The van der Waals surface area contributed by atoms with Crippen molar-refractivity contribution in [2.24, 2.45) is 0 Å². The third kappa shape index (κ3) is 5.53. The molecule has 0 aliphatic heterocycles. The van der Waals surface area contributed by atoms with Crippen molar-refractivity contribution in [2.75, 3.05) is 13.2 Å². The van der Waals surface area contributed by atoms with Crippen LogP contribution >= 0.6 is 15.9 Å². The Balaban J connectivity index is 1.68. The van der Waals surface area contributed by atoms with Gasteiger partial charge in [-0.1, -0.05) is 38.1 Å². The molecule has 0 fully saturated rings. The van der Waals surface area contributed by atoms with Crippen molar-refractivity contribution in [1.29, 1.82) is 0 Å². The molecule has 0 aliphatic rings. The monoisotopic (exact) mass is 393 g/mol. The van der Waals surface area contributed by atoms with Crippen LogP contribution in [0.15, 0.2) is 45.5 Å². The molecule has 0 atom stereocenters. The van der Waals surface area contributed by atoms with Crippen LogP contribution in [0.3, 0.4) is 0 Å². The summed E-state index contributed by atoms with van der Waals surface area (Å²) >= 11 is 3.10. The van der Waals surface area contributed by atoms with E-state index in [0.29, 0.717) is 17.1 Å². The molecule has 24 heavy (non-hydrogen) atoms. The van der Waals surface area contributed by atoms with Crippen molar-refractivity contribution in [2.45, 2.75) is 26.2 Å². The smallest absolute Gasteiger partial charge is 0.374 e. The molecule has 1 heterocycles. The maximum Gasteiger partial charge on any atom is 0.374 e. The van der Waals surface area contributed by atoms with Gasteiger partial charge in [0.1, 0.15) is 0 Å². The second-order valence-corrected chi connectivity index (χ2v) is 6.46. The summed E-state index contributed by atoms with van der Waals surface area (Å²) in [5.74, 6) is -0.448. The summed E-state index contributed by atoms with van der Waals surface area (Å²) in [7, 11) is 0. The van der Waals surface area contributed by atoms with Crippen LogP contribution < -0.4 is 5.32 Å². The number of benzene rings is 1. The minimum atomic E-state index is -0.667. The van der Waals surface area contributed by atoms with E-state index in [1.807, 2.05) is 0 Å². The Morgan fingerprint density at radius 3 is 2.46 bits per heavy atom. The van der Waals surface area contributed by atoms with Crippen LogP contribution in [0.1, 0.15) is 41.4 Å². The van der Waals surface area contributed by atoms with Crippen molar-refractivity contribution < 1.29 is 18.7 Å². The van der Waals surface area contributed by atoms with E-state index >= 15 is 0 Å². The molecule has 128 valence electrons. The molecule has 1 aromatic heterocycles. The quantitative estimate of drug-likeness (QED) is 0.728. The highest BCUT2D eigenvalue weighted by Crippen LogP contribution is 2.15. The van der Waals surface area contributed by atoms with Crippen LogP contribution in [0.5, 0.6) is 0 Å². The molecule has 0 aliphatic carbocycles. The number of esters is 1. The van der Waals surface area contributed by atoms with E-state index in [-0.39, 0.29) is 18.3 Å². The van der Waals surface area contributed by atoms with Crippen molar-refractivity contribution in [3.63, 3.8) is 0 Å². The Kier molecular flexibility index (Phi) is 6.61. The third-order valence-electron chi connectivity index (χ3n) is 3.49. The average Bonchev–Trinajstić information content (AvgIpc) is 2.99. The molecule has 6 heteroatoms. The fourth-order valence-corrected chi connectivity index (χ4v) is 2.40. The van der Waals surface area contributed by atoms with E-state index in [2.05, 4.69) is 59.4 Å². The highest BCUT2D eigenvalue weighted by Gasteiger charge is 2.13. The first-order valence-electron chi connectivity index (χ1n) is 7.73. The van der Waals surface area contributed by atoms with E-state index in [0.717, 1.165) is 12.0 Å². The highest BCUT2D eigenvalue weighted by atomic mass is 79.9. The van der Waals surface area contributed by atoms with Crippen molar-refractivity contribution in [3.8, 4) is 0 Å². The number of hydrogen-bond acceptors (Lipinski definition) is 4. The van der Waals surface area contributed by atoms with Gasteiger partial charge in [0.15, 0.2) is 11.3 Å². The van der Waals surface area contributed by atoms with E-state index in [1.54, 1.807) is 6.07 Å². The molecule has 1 aromatic carbocycles. The summed E-state index contributed by atoms with van der Waals surface area (Å²) in [5, 5.41) is 2.72. The summed E-state index contributed by atoms with van der Waals surface area (Å²) in [5.41, 5.74) is 2.44. The first-order chi connectivity index (χ1) is 11.5. The number of carbonyl (C=O) groups excluding carboxylic acids is 2. The summed E-state index contributed by atoms with van der Waals surface area (Å²) in [6.45, 7) is 4.46. The largest absolute Gasteiger partial charge is 0.450 e. The van der Waals surface area contributed by atoms with Gasteiger partial charge in [0.05, 0.1) is 0 Å². The number of nitrogens with one attached hydrogen (secondary N) is 1. The van der Waals surface area contributed by atoms with Crippen LogP contribution in [-0.2, 0) is 16.0 Å². The van der Waals surface area contributed by atoms with Crippen molar-refractivity contribution in [3.05, 3.63) is 58.0 Å². The molecule has 0 radical (unpaired) electrons. The van der Waals surface area contributed by atoms with Gasteiger partial charge in [0.25, 0.3) is 5.91 Å². The summed E-state index contributed by atoms with van der Waals surface area (Å²) < 4.78 is 10.4. The molecule has 1 amide bonds. The molecule has 0 unspecified atom stereocenters. The van der Waals surface area contributed by atoms with Gasteiger partial charge in [-0.05, 0) is 51.5 Å². The zero-order chi connectivity index (χ0) is 17.5. The number of ether oxygens (including phenoxy) is 1. The van der Waals surface area contributed by atoms with Gasteiger partial charge < -0.3 is 14.5 Å². The molecule has 0 saturated carbocycles. The Morgan fingerprint density at radius 2 is 1.88 bits per heavy atom. The zero-order valence-electron chi connectivity index (χ0n) is 13.7. The number of hydrogen-bond donors (Lipinski definition) is 1. The SMILES string of the molecule is CC(C)c1ccc(CCNC(=O)COC(=O)c2ccc(Br)o2)cc1. The summed E-state index contributed by atoms with van der Waals surface area (Å²) in [6.07, 6.45) is 0.725. The number of rotatable bonds is 7. The van der Waals surface area contributed by atoms with Crippen LogP contribution in [0.2, 0.25) is 0 Å². The molecule has 1 N–H and O–H groups in total. The van der Waals surface area contributed by atoms with Gasteiger partial charge in [0, 0.05) is 6.54 Å². The first-order valence-corrected chi connectivity index (χ1v) is 8.53. The lowest BCUT2D eigenvalue weighted by Crippen LogP contribution is -2.30. The normalized spacial score (nSPS) is 10.7. The van der Waals surface area contributed by atoms with Crippen LogP contribution in [0.4, 0.5) is 0 Å². The van der Waals surface area contributed by atoms with Crippen LogP contribution in [0, 0.1) is 0 Å². The molecule has 5 nitrogen and oxygen atoms in total. The fraction of sp³-hybridized carbons (Fsp3) is 0.333. The highest BCUT2D eigenvalue weighted by molar-refractivity contribution is 9.10. The average molecular weight is 394 g/mol. The Hall–Kier alpha value is -2.08. The second-order valence-electron chi connectivity index (χ2n) is 5.68. The zero-order valence-corrected chi connectivity index (χ0v) is 15.3. The maximum atomic E-state index is 11.7. The number of furan rings is 1. The van der Waals surface area contributed by atoms with Gasteiger partial charge in [-0.15, -0.1) is 0 Å². The van der Waals surface area contributed by atoms with E-state index in [4.69, 9.17) is 9.15 Å². The van der Waals surface area contributed by atoms with Crippen LogP contribution in [0.25, 0.3) is 0 Å². The minimum Gasteiger partial charge on any atom is -0.450 e. The van der Waals surface area contributed by atoms with Crippen molar-refractivity contribution >= 4 is 27.8 Å². The van der Waals surface area contributed by atoms with Gasteiger partial charge in [-0.2, -0.15) is 0 Å². The fourth-order valence-electron chi connectivity index (χ4n) is 2.09. The van der Waals surface area contributed by atoms with Gasteiger partial charge >= 0.3 is 5.97 Å². The lowest BCUT2D eigenvalue weighted by molar-refractivity contribution is -0.124. The predicted octanol–water partition coefficient (Wildman–Crippen LogP) is 3.68. The third-order valence-corrected chi connectivity index (χ3v) is 3.92. The van der Waals surface area contributed by atoms with E-state index < -0.39 is 5.97 Å². The van der Waals surface area contributed by atoms with E-state index in [1.165, 1.54) is 11.6 Å². The number of halogens is 1. The van der Waals surface area contributed by atoms with Gasteiger partial charge in [-0.25, -0.2) is 4.79 Å². The summed E-state index contributed by atoms with van der Waals surface area (Å²) in [6, 6.07) is 11.4. The summed E-state index contributed by atoms with van der Waals surface area (Å²) in [4.78, 5) is 23.3. The molecule has 2 rings (SSSR count). The van der Waals surface area contributed by atoms with Gasteiger partial charge in [-0.3, -0.25) is 4.79 Å². The Labute approximate surface area is 149 Å². The lowest BCUT2D eigenvalue weighted by atomic mass is 10.0. The Morgan fingerprint density at radius 1 is 1.17 bits per heavy atom. The maximum absolute atomic E-state index is 11.7. The van der Waals surface area contributed by atoms with Crippen LogP contribution in [-0.4, -0.2) is 25.0 Å². The molecule has 2 aromatic rings. The molecule has 0 bridgehead atoms. The molecular formula is C18H20BrNO4. The topological polar surface area (TPSA) is 68.5 Å². The second kappa shape index (κ2) is 8.68. The Bertz CT molecular complexity index is 691. The van der Waals surface area contributed by atoms with E-state index in [9.17, 15) is 9.59 Å². The molecule has 0 saturated heterocycles. The number of carbonyl (C=O) groups is 2. The number of amides is 1. The molecule has 0 spiro atoms. The lowest BCUT2D eigenvalue weighted by Gasteiger charge is -2.08. The first kappa shape index (κ1) is 18.3. The van der Waals surface area contributed by atoms with Gasteiger partial charge in [0.2, 0.25) is 5.76 Å². The minimum absolute atomic E-state index is 0.0555. The standard InChI is InChI=1S/C18H20BrNO4/c1-12(2)14-5-3-13(4-6-14)9-10-20-17(21)11-23-18(22)15-7-8-16(19)24-15/h3-8,12H,9-11H2,1-2H3,(H,20,21). The van der Waals surface area contributed by atoms with Crippen molar-refractivity contribution in [1.82, 2.24) is 5.32 Å². The molecular weight excluding hydrogens is 374 g/mol.